The number of nitrogens with zero attached hydrogens (tertiary/aromatic N) is 4. The molecule has 0 atom stereocenters. The molecule has 0 saturated heterocycles. The van der Waals surface area contributed by atoms with Crippen molar-refractivity contribution in [3.05, 3.63) is 56.6 Å². The maximum absolute atomic E-state index is 13.4. The molecular formula is C20H21ClN4O4S. The van der Waals surface area contributed by atoms with Crippen molar-refractivity contribution in [2.75, 3.05) is 39.2 Å². The minimum absolute atomic E-state index is 0.0748. The van der Waals surface area contributed by atoms with Crippen molar-refractivity contribution in [1.29, 1.82) is 0 Å². The SMILES string of the molecule is COc1ccc(C)c2sc(N(CCN(C)C)C(=O)c3cc(Cl)ccc3[N+](=O)[O-])nc12. The number of aromatic nitrogens is 1. The number of methoxy groups -OCH3 is 1. The van der Waals surface area contributed by atoms with Crippen molar-refractivity contribution in [2.45, 2.75) is 6.92 Å². The number of amides is 1. The quantitative estimate of drug-likeness (QED) is 0.393. The molecule has 1 amide bonds. The van der Waals surface area contributed by atoms with E-state index in [0.717, 1.165) is 10.3 Å². The van der Waals surface area contributed by atoms with Crippen LogP contribution < -0.4 is 9.64 Å². The van der Waals surface area contributed by atoms with Gasteiger partial charge in [-0.3, -0.25) is 19.8 Å². The van der Waals surface area contributed by atoms with E-state index in [2.05, 4.69) is 4.98 Å². The van der Waals surface area contributed by atoms with Crippen molar-refractivity contribution >= 4 is 49.9 Å². The first-order valence-corrected chi connectivity index (χ1v) is 10.3. The molecule has 0 aliphatic rings. The highest BCUT2D eigenvalue weighted by molar-refractivity contribution is 7.22. The minimum atomic E-state index is -0.584. The van der Waals surface area contributed by atoms with Gasteiger partial charge in [0.05, 0.1) is 16.7 Å². The Kier molecular flexibility index (Phi) is 6.55. The van der Waals surface area contributed by atoms with E-state index in [1.807, 2.05) is 38.1 Å². The fourth-order valence-electron chi connectivity index (χ4n) is 2.95. The average Bonchev–Trinajstić information content (AvgIpc) is 3.13. The molecule has 0 saturated carbocycles. The van der Waals surface area contributed by atoms with E-state index in [1.165, 1.54) is 34.4 Å². The molecule has 0 aliphatic heterocycles. The molecule has 0 N–H and O–H groups in total. The number of hydrogen-bond donors (Lipinski definition) is 0. The summed E-state index contributed by atoms with van der Waals surface area (Å²) in [6, 6.07) is 7.72. The fourth-order valence-corrected chi connectivity index (χ4v) is 4.19. The van der Waals surface area contributed by atoms with Crippen molar-refractivity contribution < 1.29 is 14.5 Å². The molecule has 8 nitrogen and oxygen atoms in total. The summed E-state index contributed by atoms with van der Waals surface area (Å²) < 4.78 is 6.31. The minimum Gasteiger partial charge on any atom is -0.494 e. The second kappa shape index (κ2) is 8.95. The summed E-state index contributed by atoms with van der Waals surface area (Å²) in [4.78, 5) is 32.4. The van der Waals surface area contributed by atoms with Gasteiger partial charge >= 0.3 is 0 Å². The molecule has 0 bridgehead atoms. The smallest absolute Gasteiger partial charge is 0.282 e. The van der Waals surface area contributed by atoms with Gasteiger partial charge in [0.15, 0.2) is 5.13 Å². The number of anilines is 1. The first kappa shape index (κ1) is 21.9. The molecule has 0 radical (unpaired) electrons. The first-order chi connectivity index (χ1) is 14.2. The van der Waals surface area contributed by atoms with Crippen LogP contribution in [0.25, 0.3) is 10.2 Å². The molecule has 1 aromatic heterocycles. The van der Waals surface area contributed by atoms with Crippen molar-refractivity contribution in [3.63, 3.8) is 0 Å². The van der Waals surface area contributed by atoms with Crippen LogP contribution in [0.3, 0.4) is 0 Å². The predicted molar refractivity (Wildman–Crippen MR) is 119 cm³/mol. The third-order valence-corrected chi connectivity index (χ3v) is 5.99. The van der Waals surface area contributed by atoms with E-state index in [9.17, 15) is 14.9 Å². The Hall–Kier alpha value is -2.75. The predicted octanol–water partition coefficient (Wildman–Crippen LogP) is 4.38. The molecule has 0 aliphatic carbocycles. The molecular weight excluding hydrogens is 428 g/mol. The summed E-state index contributed by atoms with van der Waals surface area (Å²) >= 11 is 7.38. The number of likely N-dealkylation sites (N-methyl/N-ethyl adjacent to an activating group) is 1. The lowest BCUT2D eigenvalue weighted by molar-refractivity contribution is -0.385. The Morgan fingerprint density at radius 3 is 2.63 bits per heavy atom. The molecule has 30 heavy (non-hydrogen) atoms. The maximum Gasteiger partial charge on any atom is 0.282 e. The molecule has 10 heteroatoms. The Morgan fingerprint density at radius 1 is 1.27 bits per heavy atom. The van der Waals surface area contributed by atoms with Crippen molar-refractivity contribution in [3.8, 4) is 5.75 Å². The van der Waals surface area contributed by atoms with Crippen LogP contribution >= 0.6 is 22.9 Å². The second-order valence-electron chi connectivity index (χ2n) is 6.94. The Labute approximate surface area is 182 Å². The van der Waals surface area contributed by atoms with Gasteiger partial charge in [-0.15, -0.1) is 0 Å². The lowest BCUT2D eigenvalue weighted by Crippen LogP contribution is -2.37. The number of thiazole rings is 1. The number of aryl methyl sites for hydroxylation is 1. The van der Waals surface area contributed by atoms with E-state index in [0.29, 0.717) is 29.5 Å². The first-order valence-electron chi connectivity index (χ1n) is 9.07. The largest absolute Gasteiger partial charge is 0.494 e. The lowest BCUT2D eigenvalue weighted by Gasteiger charge is -2.22. The standard InChI is InChI=1S/C20H21ClN4O4S/c1-12-5-8-16(29-4)17-18(12)30-20(22-17)24(10-9-23(2)3)19(26)14-11-13(21)6-7-15(14)25(27)28/h5-8,11H,9-10H2,1-4H3. The Morgan fingerprint density at radius 2 is 2.00 bits per heavy atom. The van der Waals surface area contributed by atoms with Gasteiger partial charge in [0.2, 0.25) is 0 Å². The molecule has 0 fully saturated rings. The second-order valence-corrected chi connectivity index (χ2v) is 8.35. The zero-order valence-electron chi connectivity index (χ0n) is 17.0. The van der Waals surface area contributed by atoms with Gasteiger partial charge in [-0.05, 0) is 44.8 Å². The van der Waals surface area contributed by atoms with E-state index in [1.54, 1.807) is 7.11 Å². The van der Waals surface area contributed by atoms with Gasteiger partial charge in [0, 0.05) is 24.2 Å². The van der Waals surface area contributed by atoms with E-state index >= 15 is 0 Å². The van der Waals surface area contributed by atoms with E-state index in [-0.39, 0.29) is 16.3 Å². The summed E-state index contributed by atoms with van der Waals surface area (Å²) in [5, 5.41) is 12.2. The number of halogens is 1. The average molecular weight is 449 g/mol. The summed E-state index contributed by atoms with van der Waals surface area (Å²) in [6.45, 7) is 2.81. The highest BCUT2D eigenvalue weighted by Gasteiger charge is 2.28. The van der Waals surface area contributed by atoms with E-state index < -0.39 is 10.8 Å². The van der Waals surface area contributed by atoms with Crippen LogP contribution in [0, 0.1) is 17.0 Å². The molecule has 158 valence electrons. The number of fused-ring (bicyclic) bond motifs is 1. The number of ether oxygens (including phenoxy) is 1. The van der Waals surface area contributed by atoms with Crippen LogP contribution in [0.2, 0.25) is 5.02 Å². The van der Waals surface area contributed by atoms with Crippen molar-refractivity contribution in [2.24, 2.45) is 0 Å². The number of carbonyl (C=O) groups is 1. The Balaban J connectivity index is 2.14. The van der Waals surface area contributed by atoms with Gasteiger partial charge < -0.3 is 9.64 Å². The zero-order valence-corrected chi connectivity index (χ0v) is 18.6. The van der Waals surface area contributed by atoms with E-state index in [4.69, 9.17) is 16.3 Å². The molecule has 3 aromatic rings. The lowest BCUT2D eigenvalue weighted by atomic mass is 10.1. The maximum atomic E-state index is 13.4. The summed E-state index contributed by atoms with van der Waals surface area (Å²) in [7, 11) is 5.33. The molecule has 1 heterocycles. The molecule has 2 aromatic carbocycles. The molecule has 0 spiro atoms. The number of rotatable bonds is 7. The van der Waals surface area contributed by atoms with Crippen LogP contribution in [0.4, 0.5) is 10.8 Å². The van der Waals surface area contributed by atoms with Gasteiger partial charge in [-0.2, -0.15) is 0 Å². The van der Waals surface area contributed by atoms with Gasteiger partial charge in [-0.25, -0.2) is 4.98 Å². The molecule has 3 rings (SSSR count). The van der Waals surface area contributed by atoms with Crippen LogP contribution in [0.5, 0.6) is 5.75 Å². The summed E-state index contributed by atoms with van der Waals surface area (Å²) in [5.41, 5.74) is 1.28. The summed E-state index contributed by atoms with van der Waals surface area (Å²) in [6.07, 6.45) is 0. The normalized spacial score (nSPS) is 11.1. The monoisotopic (exact) mass is 448 g/mol. The molecule has 0 unspecified atom stereocenters. The number of carbonyl (C=O) groups excluding carboxylic acids is 1. The fraction of sp³-hybridized carbons (Fsp3) is 0.300. The highest BCUT2D eigenvalue weighted by Crippen LogP contribution is 2.37. The number of nitro groups is 1. The third-order valence-electron chi connectivity index (χ3n) is 4.54. The number of benzene rings is 2. The highest BCUT2D eigenvalue weighted by atomic mass is 35.5. The van der Waals surface area contributed by atoms with Crippen LogP contribution in [0.1, 0.15) is 15.9 Å². The van der Waals surface area contributed by atoms with Crippen LogP contribution in [-0.4, -0.2) is 55.0 Å². The van der Waals surface area contributed by atoms with Gasteiger partial charge in [0.1, 0.15) is 16.8 Å². The van der Waals surface area contributed by atoms with Crippen LogP contribution in [-0.2, 0) is 0 Å². The van der Waals surface area contributed by atoms with Gasteiger partial charge in [-0.1, -0.05) is 29.0 Å². The van der Waals surface area contributed by atoms with Gasteiger partial charge in [0.25, 0.3) is 11.6 Å². The number of hydrogen-bond acceptors (Lipinski definition) is 7. The Bertz CT molecular complexity index is 1120. The zero-order chi connectivity index (χ0) is 22.0. The summed E-state index contributed by atoms with van der Waals surface area (Å²) in [5.74, 6) is 0.0774. The number of nitro benzene ring substituents is 1. The van der Waals surface area contributed by atoms with Crippen LogP contribution in [0.15, 0.2) is 30.3 Å². The topological polar surface area (TPSA) is 88.8 Å². The van der Waals surface area contributed by atoms with Crippen molar-refractivity contribution in [1.82, 2.24) is 9.88 Å². The third kappa shape index (κ3) is 4.38.